The molecule has 0 aliphatic heterocycles. The van der Waals surface area contributed by atoms with Gasteiger partial charge in [0, 0.05) is 19.2 Å². The van der Waals surface area contributed by atoms with E-state index in [-0.39, 0.29) is 11.2 Å². The maximum Gasteiger partial charge on any atom is 0.274 e. The number of hydrogen-bond donors (Lipinski definition) is 1. The van der Waals surface area contributed by atoms with E-state index < -0.39 is 0 Å². The maximum absolute atomic E-state index is 12.2. The highest BCUT2D eigenvalue weighted by molar-refractivity contribution is 5.66. The third-order valence-electron chi connectivity index (χ3n) is 3.39. The van der Waals surface area contributed by atoms with Crippen LogP contribution in [0.5, 0.6) is 0 Å². The first-order valence-corrected chi connectivity index (χ1v) is 6.60. The number of methoxy groups -OCH3 is 1. The molecule has 4 heteroatoms. The highest BCUT2D eigenvalue weighted by Gasteiger charge is 2.11. The van der Waals surface area contributed by atoms with E-state index >= 15 is 0 Å². The van der Waals surface area contributed by atoms with Crippen LogP contribution in [0.15, 0.2) is 35.1 Å². The third kappa shape index (κ3) is 2.75. The molecule has 1 heterocycles. The summed E-state index contributed by atoms with van der Waals surface area (Å²) in [5.74, 6) is 0. The minimum Gasteiger partial charge on any atom is -0.394 e. The van der Waals surface area contributed by atoms with E-state index in [1.165, 1.54) is 0 Å². The van der Waals surface area contributed by atoms with Crippen LogP contribution >= 0.6 is 0 Å². The Kier molecular flexibility index (Phi) is 4.25. The largest absolute Gasteiger partial charge is 0.394 e. The molecule has 0 fully saturated rings. The summed E-state index contributed by atoms with van der Waals surface area (Å²) in [6.45, 7) is 5.04. The quantitative estimate of drug-likeness (QED) is 0.929. The van der Waals surface area contributed by atoms with Gasteiger partial charge in [-0.1, -0.05) is 17.7 Å². The smallest absolute Gasteiger partial charge is 0.274 e. The molecule has 1 aromatic carbocycles. The lowest BCUT2D eigenvalue weighted by atomic mass is 10.0. The van der Waals surface area contributed by atoms with Crippen LogP contribution < -0.4 is 11.3 Å². The van der Waals surface area contributed by atoms with Gasteiger partial charge >= 0.3 is 0 Å². The molecule has 1 aromatic heterocycles. The van der Waals surface area contributed by atoms with Gasteiger partial charge in [-0.05, 0) is 37.6 Å². The Morgan fingerprint density at radius 3 is 2.65 bits per heavy atom. The van der Waals surface area contributed by atoms with Gasteiger partial charge in [0.05, 0.1) is 18.0 Å². The van der Waals surface area contributed by atoms with Crippen LogP contribution in [0.1, 0.15) is 11.1 Å². The molecule has 4 nitrogen and oxygen atoms in total. The van der Waals surface area contributed by atoms with Crippen LogP contribution in [-0.4, -0.2) is 18.3 Å². The van der Waals surface area contributed by atoms with Crippen LogP contribution in [-0.2, 0) is 11.3 Å². The van der Waals surface area contributed by atoms with Gasteiger partial charge in [-0.15, -0.1) is 0 Å². The first kappa shape index (κ1) is 14.3. The van der Waals surface area contributed by atoms with Crippen molar-refractivity contribution in [2.24, 2.45) is 0 Å². The lowest BCUT2D eigenvalue weighted by Gasteiger charge is -2.15. The Bertz CT molecular complexity index is 675. The molecule has 0 aliphatic rings. The van der Waals surface area contributed by atoms with Crippen LogP contribution in [0, 0.1) is 13.8 Å². The second-order valence-corrected chi connectivity index (χ2v) is 4.94. The lowest BCUT2D eigenvalue weighted by molar-refractivity contribution is 0.186. The van der Waals surface area contributed by atoms with E-state index in [1.807, 2.05) is 19.9 Å². The van der Waals surface area contributed by atoms with E-state index in [4.69, 9.17) is 10.5 Å². The minimum absolute atomic E-state index is 0.166. The summed E-state index contributed by atoms with van der Waals surface area (Å²) in [5, 5.41) is 0. The van der Waals surface area contributed by atoms with Gasteiger partial charge in [0.2, 0.25) is 0 Å². The normalized spacial score (nSPS) is 10.8. The fourth-order valence-electron chi connectivity index (χ4n) is 2.25. The van der Waals surface area contributed by atoms with Gasteiger partial charge in [0.15, 0.2) is 0 Å². The van der Waals surface area contributed by atoms with Gasteiger partial charge in [-0.25, -0.2) is 0 Å². The summed E-state index contributed by atoms with van der Waals surface area (Å²) >= 11 is 0. The van der Waals surface area contributed by atoms with Crippen LogP contribution in [0.25, 0.3) is 11.3 Å². The van der Waals surface area contributed by atoms with Crippen molar-refractivity contribution in [2.75, 3.05) is 19.5 Å². The Morgan fingerprint density at radius 1 is 1.20 bits per heavy atom. The standard InChI is InChI=1S/C16H20N2O2/c1-11-4-5-12(2)13(10-11)15-7-6-14(17)16(19)18(15)8-9-20-3/h4-7,10H,8-9,17H2,1-3H3. The second kappa shape index (κ2) is 5.92. The van der Waals surface area contributed by atoms with Crippen molar-refractivity contribution < 1.29 is 4.74 Å². The van der Waals surface area contributed by atoms with Gasteiger partial charge in [0.1, 0.15) is 0 Å². The Labute approximate surface area is 118 Å². The molecule has 0 amide bonds. The number of nitrogen functional groups attached to an aromatic ring is 1. The summed E-state index contributed by atoms with van der Waals surface area (Å²) in [5.41, 5.74) is 10.0. The predicted octanol–water partition coefficient (Wildman–Crippen LogP) is 2.36. The van der Waals surface area contributed by atoms with E-state index in [0.717, 1.165) is 22.4 Å². The number of ether oxygens (including phenoxy) is 1. The second-order valence-electron chi connectivity index (χ2n) is 4.94. The van der Waals surface area contributed by atoms with Gasteiger partial charge in [0.25, 0.3) is 5.56 Å². The zero-order valence-electron chi connectivity index (χ0n) is 12.1. The number of nitrogens with zero attached hydrogens (tertiary/aromatic N) is 1. The molecule has 0 aliphatic carbocycles. The molecule has 2 rings (SSSR count). The number of rotatable bonds is 4. The monoisotopic (exact) mass is 272 g/mol. The molecular formula is C16H20N2O2. The van der Waals surface area contributed by atoms with Crippen LogP contribution in [0.4, 0.5) is 5.69 Å². The molecule has 0 bridgehead atoms. The van der Waals surface area contributed by atoms with Gasteiger partial charge in [-0.3, -0.25) is 4.79 Å². The van der Waals surface area contributed by atoms with Crippen molar-refractivity contribution in [3.63, 3.8) is 0 Å². The number of pyridine rings is 1. The molecule has 0 saturated carbocycles. The van der Waals surface area contributed by atoms with Crippen molar-refractivity contribution in [3.8, 4) is 11.3 Å². The average Bonchev–Trinajstić information content (AvgIpc) is 2.43. The van der Waals surface area contributed by atoms with Crippen molar-refractivity contribution >= 4 is 5.69 Å². The van der Waals surface area contributed by atoms with Crippen molar-refractivity contribution in [1.82, 2.24) is 4.57 Å². The topological polar surface area (TPSA) is 57.2 Å². The van der Waals surface area contributed by atoms with Gasteiger partial charge in [-0.2, -0.15) is 0 Å². The molecule has 0 unspecified atom stereocenters. The van der Waals surface area contributed by atoms with Crippen molar-refractivity contribution in [1.29, 1.82) is 0 Å². The number of nitrogens with two attached hydrogens (primary N) is 1. The zero-order valence-corrected chi connectivity index (χ0v) is 12.1. The summed E-state index contributed by atoms with van der Waals surface area (Å²) in [6, 6.07) is 9.78. The molecule has 2 N–H and O–H groups in total. The Morgan fingerprint density at radius 2 is 1.95 bits per heavy atom. The maximum atomic E-state index is 12.2. The first-order chi connectivity index (χ1) is 9.54. The molecule has 0 radical (unpaired) electrons. The Balaban J connectivity index is 2.64. The molecule has 2 aromatic rings. The van der Waals surface area contributed by atoms with Crippen LogP contribution in [0.3, 0.4) is 0 Å². The summed E-state index contributed by atoms with van der Waals surface area (Å²) in [6.07, 6.45) is 0. The van der Waals surface area contributed by atoms with E-state index in [2.05, 4.69) is 18.2 Å². The number of benzene rings is 1. The number of aryl methyl sites for hydroxylation is 2. The van der Waals surface area contributed by atoms with Crippen molar-refractivity contribution in [3.05, 3.63) is 51.8 Å². The van der Waals surface area contributed by atoms with Gasteiger partial charge < -0.3 is 15.0 Å². The van der Waals surface area contributed by atoms with Crippen LogP contribution in [0.2, 0.25) is 0 Å². The fraction of sp³-hybridized carbons (Fsp3) is 0.312. The van der Waals surface area contributed by atoms with E-state index in [9.17, 15) is 4.79 Å². The summed E-state index contributed by atoms with van der Waals surface area (Å²) in [4.78, 5) is 12.2. The predicted molar refractivity (Wildman–Crippen MR) is 81.9 cm³/mol. The Hall–Kier alpha value is -2.07. The number of aromatic nitrogens is 1. The molecule has 20 heavy (non-hydrogen) atoms. The molecule has 0 spiro atoms. The zero-order chi connectivity index (χ0) is 14.7. The summed E-state index contributed by atoms with van der Waals surface area (Å²) in [7, 11) is 1.62. The van der Waals surface area contributed by atoms with E-state index in [1.54, 1.807) is 17.7 Å². The van der Waals surface area contributed by atoms with E-state index in [0.29, 0.717) is 13.2 Å². The lowest BCUT2D eigenvalue weighted by Crippen LogP contribution is -2.26. The number of anilines is 1. The fourth-order valence-corrected chi connectivity index (χ4v) is 2.25. The van der Waals surface area contributed by atoms with Crippen molar-refractivity contribution in [2.45, 2.75) is 20.4 Å². The molecule has 106 valence electrons. The highest BCUT2D eigenvalue weighted by atomic mass is 16.5. The average molecular weight is 272 g/mol. The SMILES string of the molecule is COCCn1c(-c2cc(C)ccc2C)ccc(N)c1=O. The molecule has 0 saturated heterocycles. The minimum atomic E-state index is -0.166. The molecule has 0 atom stereocenters. The number of hydrogen-bond acceptors (Lipinski definition) is 3. The third-order valence-corrected chi connectivity index (χ3v) is 3.39. The first-order valence-electron chi connectivity index (χ1n) is 6.60. The summed E-state index contributed by atoms with van der Waals surface area (Å²) < 4.78 is 6.77. The molecular weight excluding hydrogens is 252 g/mol. The highest BCUT2D eigenvalue weighted by Crippen LogP contribution is 2.24.